The van der Waals surface area contributed by atoms with Crippen molar-refractivity contribution in [2.24, 2.45) is 4.99 Å². The Balaban J connectivity index is 2.29. The van der Waals surface area contributed by atoms with Crippen LogP contribution in [0, 0.1) is 10.1 Å². The van der Waals surface area contributed by atoms with E-state index in [0.29, 0.717) is 16.3 Å². The van der Waals surface area contributed by atoms with Gasteiger partial charge in [-0.1, -0.05) is 23.7 Å². The van der Waals surface area contributed by atoms with Crippen LogP contribution in [-0.4, -0.2) is 11.1 Å². The van der Waals surface area contributed by atoms with Crippen LogP contribution in [0.1, 0.15) is 5.56 Å². The van der Waals surface area contributed by atoms with Gasteiger partial charge < -0.3 is 0 Å². The molecule has 5 heteroatoms. The molecule has 0 aromatic heterocycles. The van der Waals surface area contributed by atoms with E-state index in [1.165, 1.54) is 12.3 Å². The number of benzene rings is 2. The Kier molecular flexibility index (Phi) is 3.69. The molecule has 0 amide bonds. The first-order valence-corrected chi connectivity index (χ1v) is 5.57. The monoisotopic (exact) mass is 260 g/mol. The summed E-state index contributed by atoms with van der Waals surface area (Å²) >= 11 is 5.75. The maximum Gasteiger partial charge on any atom is 0.278 e. The molecule has 0 unspecified atom stereocenters. The van der Waals surface area contributed by atoms with E-state index in [1.54, 1.807) is 42.5 Å². The summed E-state index contributed by atoms with van der Waals surface area (Å²) in [4.78, 5) is 14.5. The number of halogens is 1. The molecule has 2 aromatic rings. The van der Waals surface area contributed by atoms with Gasteiger partial charge in [-0.05, 0) is 30.3 Å². The van der Waals surface area contributed by atoms with Gasteiger partial charge in [-0.3, -0.25) is 15.1 Å². The molecule has 0 heterocycles. The van der Waals surface area contributed by atoms with Crippen molar-refractivity contribution in [2.75, 3.05) is 0 Å². The van der Waals surface area contributed by atoms with Crippen LogP contribution in [0.4, 0.5) is 11.4 Å². The molecule has 2 rings (SSSR count). The van der Waals surface area contributed by atoms with E-state index in [-0.39, 0.29) is 5.69 Å². The molecule has 18 heavy (non-hydrogen) atoms. The van der Waals surface area contributed by atoms with E-state index in [1.807, 2.05) is 0 Å². The van der Waals surface area contributed by atoms with Crippen LogP contribution >= 0.6 is 11.6 Å². The largest absolute Gasteiger partial charge is 0.278 e. The lowest BCUT2D eigenvalue weighted by Gasteiger charge is -1.96. The molecule has 0 atom stereocenters. The van der Waals surface area contributed by atoms with Gasteiger partial charge in [0.25, 0.3) is 5.69 Å². The number of hydrogen-bond donors (Lipinski definition) is 0. The lowest BCUT2D eigenvalue weighted by atomic mass is 10.2. The number of para-hydroxylation sites is 1. The number of rotatable bonds is 3. The van der Waals surface area contributed by atoms with E-state index in [0.717, 1.165) is 0 Å². The third kappa shape index (κ3) is 2.93. The fourth-order valence-electron chi connectivity index (χ4n) is 1.43. The highest BCUT2D eigenvalue weighted by Gasteiger charge is 2.09. The zero-order valence-corrected chi connectivity index (χ0v) is 10.0. The van der Waals surface area contributed by atoms with Gasteiger partial charge in [0.2, 0.25) is 0 Å². The molecule has 0 saturated carbocycles. The molecule has 0 bridgehead atoms. The van der Waals surface area contributed by atoms with Crippen molar-refractivity contribution in [2.45, 2.75) is 0 Å². The molecule has 0 fully saturated rings. The number of nitro benzene ring substituents is 1. The summed E-state index contributed by atoms with van der Waals surface area (Å²) in [6.07, 6.45) is 1.47. The van der Waals surface area contributed by atoms with E-state index in [2.05, 4.69) is 4.99 Å². The van der Waals surface area contributed by atoms with Gasteiger partial charge in [-0.15, -0.1) is 0 Å². The predicted octanol–water partition coefficient (Wildman–Crippen LogP) is 4.00. The highest BCUT2D eigenvalue weighted by atomic mass is 35.5. The first kappa shape index (κ1) is 12.3. The van der Waals surface area contributed by atoms with Gasteiger partial charge >= 0.3 is 0 Å². The predicted molar refractivity (Wildman–Crippen MR) is 71.8 cm³/mol. The summed E-state index contributed by atoms with van der Waals surface area (Å²) in [5.74, 6) is 0. The van der Waals surface area contributed by atoms with Crippen molar-refractivity contribution >= 4 is 29.2 Å². The first-order valence-electron chi connectivity index (χ1n) is 5.20. The zero-order chi connectivity index (χ0) is 13.0. The molecular formula is C13H9ClN2O2. The van der Waals surface area contributed by atoms with Gasteiger partial charge in [0, 0.05) is 17.3 Å². The Bertz CT molecular complexity index is 594. The second-order valence-electron chi connectivity index (χ2n) is 3.55. The fourth-order valence-corrected chi connectivity index (χ4v) is 1.56. The molecule has 0 saturated heterocycles. The van der Waals surface area contributed by atoms with Crippen molar-refractivity contribution < 1.29 is 4.92 Å². The van der Waals surface area contributed by atoms with Crippen LogP contribution < -0.4 is 0 Å². The second-order valence-corrected chi connectivity index (χ2v) is 3.99. The SMILES string of the molecule is O=[N+]([O-])c1ccccc1C=Nc1ccc(Cl)cc1. The van der Waals surface area contributed by atoms with E-state index in [9.17, 15) is 10.1 Å². The molecule has 90 valence electrons. The van der Waals surface area contributed by atoms with Gasteiger partial charge in [0.05, 0.1) is 16.2 Å². The highest BCUT2D eigenvalue weighted by Crippen LogP contribution is 2.19. The summed E-state index contributed by atoms with van der Waals surface area (Å²) in [6, 6.07) is 13.4. The lowest BCUT2D eigenvalue weighted by Crippen LogP contribution is -1.93. The Hall–Kier alpha value is -2.20. The van der Waals surface area contributed by atoms with Crippen molar-refractivity contribution in [1.29, 1.82) is 0 Å². The van der Waals surface area contributed by atoms with E-state index >= 15 is 0 Å². The third-order valence-electron chi connectivity index (χ3n) is 2.31. The molecule has 0 aliphatic rings. The third-order valence-corrected chi connectivity index (χ3v) is 2.56. The molecule has 0 aliphatic heterocycles. The average molecular weight is 261 g/mol. The topological polar surface area (TPSA) is 55.5 Å². The highest BCUT2D eigenvalue weighted by molar-refractivity contribution is 6.30. The van der Waals surface area contributed by atoms with Gasteiger partial charge in [0.15, 0.2) is 0 Å². The smallest absolute Gasteiger partial charge is 0.258 e. The second kappa shape index (κ2) is 5.42. The molecule has 2 aromatic carbocycles. The Morgan fingerprint density at radius 2 is 1.78 bits per heavy atom. The van der Waals surface area contributed by atoms with Crippen LogP contribution in [-0.2, 0) is 0 Å². The standard InChI is InChI=1S/C13H9ClN2O2/c14-11-5-7-12(8-6-11)15-9-10-3-1-2-4-13(10)16(17)18/h1-9H. The van der Waals surface area contributed by atoms with Crippen molar-refractivity contribution in [3.05, 3.63) is 69.2 Å². The minimum absolute atomic E-state index is 0.0372. The first-order chi connectivity index (χ1) is 8.66. The van der Waals surface area contributed by atoms with Crippen LogP contribution in [0.5, 0.6) is 0 Å². The molecule has 0 spiro atoms. The van der Waals surface area contributed by atoms with E-state index < -0.39 is 4.92 Å². The molecule has 0 N–H and O–H groups in total. The quantitative estimate of drug-likeness (QED) is 0.476. The normalized spacial score (nSPS) is 10.7. The molecule has 4 nitrogen and oxygen atoms in total. The van der Waals surface area contributed by atoms with E-state index in [4.69, 9.17) is 11.6 Å². The van der Waals surface area contributed by atoms with Crippen LogP contribution in [0.25, 0.3) is 0 Å². The minimum Gasteiger partial charge on any atom is -0.258 e. The van der Waals surface area contributed by atoms with Crippen LogP contribution in [0.3, 0.4) is 0 Å². The van der Waals surface area contributed by atoms with Crippen LogP contribution in [0.15, 0.2) is 53.5 Å². The Morgan fingerprint density at radius 3 is 2.44 bits per heavy atom. The van der Waals surface area contributed by atoms with Gasteiger partial charge in [0.1, 0.15) is 0 Å². The number of nitrogens with zero attached hydrogens (tertiary/aromatic N) is 2. The zero-order valence-electron chi connectivity index (χ0n) is 9.29. The van der Waals surface area contributed by atoms with Crippen molar-refractivity contribution in [3.63, 3.8) is 0 Å². The Morgan fingerprint density at radius 1 is 1.11 bits per heavy atom. The maximum atomic E-state index is 10.8. The summed E-state index contributed by atoms with van der Waals surface area (Å²) < 4.78 is 0. The maximum absolute atomic E-state index is 10.8. The van der Waals surface area contributed by atoms with Gasteiger partial charge in [-0.2, -0.15) is 0 Å². The number of nitro groups is 1. The van der Waals surface area contributed by atoms with Gasteiger partial charge in [-0.25, -0.2) is 0 Å². The molecule has 0 radical (unpaired) electrons. The summed E-state index contributed by atoms with van der Waals surface area (Å²) in [6.45, 7) is 0. The lowest BCUT2D eigenvalue weighted by molar-refractivity contribution is -0.385. The summed E-state index contributed by atoms with van der Waals surface area (Å²) in [5.41, 5.74) is 1.20. The van der Waals surface area contributed by atoms with Crippen LogP contribution in [0.2, 0.25) is 5.02 Å². The van der Waals surface area contributed by atoms with Crippen molar-refractivity contribution in [1.82, 2.24) is 0 Å². The average Bonchev–Trinajstić information content (AvgIpc) is 2.38. The van der Waals surface area contributed by atoms with Crippen molar-refractivity contribution in [3.8, 4) is 0 Å². The summed E-state index contributed by atoms with van der Waals surface area (Å²) in [5, 5.41) is 11.4. The minimum atomic E-state index is -0.427. The summed E-state index contributed by atoms with van der Waals surface area (Å²) in [7, 11) is 0. The number of aliphatic imine (C=N–C) groups is 1. The number of hydrogen-bond acceptors (Lipinski definition) is 3. The fraction of sp³-hybridized carbons (Fsp3) is 0. The Labute approximate surface area is 109 Å². The molecular weight excluding hydrogens is 252 g/mol. The molecule has 0 aliphatic carbocycles.